The van der Waals surface area contributed by atoms with Gasteiger partial charge in [0, 0.05) is 32.2 Å². The maximum Gasteiger partial charge on any atom is 0.0919 e. The predicted octanol–water partition coefficient (Wildman–Crippen LogP) is 1.97. The van der Waals surface area contributed by atoms with Gasteiger partial charge in [-0.2, -0.15) is 0 Å². The van der Waals surface area contributed by atoms with Crippen LogP contribution in [0.3, 0.4) is 0 Å². The van der Waals surface area contributed by atoms with Gasteiger partial charge in [-0.05, 0) is 38.9 Å². The Morgan fingerprint density at radius 2 is 2.05 bits per heavy atom. The molecule has 2 atom stereocenters. The maximum atomic E-state index is 10.5. The molecular weight excluding hydrogens is 236 g/mol. The third-order valence-electron chi connectivity index (χ3n) is 4.27. The SMILES string of the molecule is Cc1ccc(C)c(C(O)CN2CCN(C)C(C)C2)c1. The summed E-state index contributed by atoms with van der Waals surface area (Å²) in [6.07, 6.45) is -0.379. The van der Waals surface area contributed by atoms with E-state index in [0.29, 0.717) is 6.04 Å². The van der Waals surface area contributed by atoms with Gasteiger partial charge in [-0.1, -0.05) is 23.8 Å². The van der Waals surface area contributed by atoms with Gasteiger partial charge in [-0.3, -0.25) is 4.90 Å². The molecule has 3 nitrogen and oxygen atoms in total. The molecule has 1 aromatic rings. The third-order valence-corrected chi connectivity index (χ3v) is 4.27. The largest absolute Gasteiger partial charge is 0.387 e. The first-order chi connectivity index (χ1) is 8.97. The topological polar surface area (TPSA) is 26.7 Å². The van der Waals surface area contributed by atoms with E-state index in [0.717, 1.165) is 31.7 Å². The van der Waals surface area contributed by atoms with Crippen LogP contribution in [-0.2, 0) is 0 Å². The molecule has 0 spiro atoms. The molecule has 0 aromatic heterocycles. The summed E-state index contributed by atoms with van der Waals surface area (Å²) < 4.78 is 0. The second kappa shape index (κ2) is 6.04. The van der Waals surface area contributed by atoms with Crippen molar-refractivity contribution in [2.75, 3.05) is 33.2 Å². The molecule has 106 valence electrons. The molecular formula is C16H26N2O. The first-order valence-electron chi connectivity index (χ1n) is 7.15. The Labute approximate surface area is 116 Å². The first-order valence-corrected chi connectivity index (χ1v) is 7.15. The number of β-amino-alcohol motifs (C(OH)–C–C–N with tert-alkyl or cyclic N) is 1. The van der Waals surface area contributed by atoms with Crippen LogP contribution >= 0.6 is 0 Å². The van der Waals surface area contributed by atoms with Gasteiger partial charge in [0.2, 0.25) is 0 Å². The molecule has 1 fully saturated rings. The van der Waals surface area contributed by atoms with Gasteiger partial charge in [0.25, 0.3) is 0 Å². The molecule has 2 rings (SSSR count). The van der Waals surface area contributed by atoms with Crippen LogP contribution in [0.15, 0.2) is 18.2 Å². The molecule has 0 bridgehead atoms. The third kappa shape index (κ3) is 3.56. The predicted molar refractivity (Wildman–Crippen MR) is 79.4 cm³/mol. The van der Waals surface area contributed by atoms with Gasteiger partial charge in [-0.15, -0.1) is 0 Å². The highest BCUT2D eigenvalue weighted by atomic mass is 16.3. The van der Waals surface area contributed by atoms with Crippen molar-refractivity contribution in [3.8, 4) is 0 Å². The molecule has 1 aromatic carbocycles. The van der Waals surface area contributed by atoms with Crippen LogP contribution in [0.5, 0.6) is 0 Å². The number of piperazine rings is 1. The monoisotopic (exact) mass is 262 g/mol. The van der Waals surface area contributed by atoms with E-state index < -0.39 is 0 Å². The molecule has 1 aliphatic rings. The number of hydrogen-bond acceptors (Lipinski definition) is 3. The van der Waals surface area contributed by atoms with E-state index in [9.17, 15) is 5.11 Å². The summed E-state index contributed by atoms with van der Waals surface area (Å²) in [5, 5.41) is 10.5. The van der Waals surface area contributed by atoms with Gasteiger partial charge in [0.15, 0.2) is 0 Å². The zero-order valence-corrected chi connectivity index (χ0v) is 12.6. The molecule has 2 unspecified atom stereocenters. The zero-order chi connectivity index (χ0) is 14.0. The smallest absolute Gasteiger partial charge is 0.0919 e. The summed E-state index contributed by atoms with van der Waals surface area (Å²) in [6, 6.07) is 6.88. The Morgan fingerprint density at radius 3 is 2.74 bits per heavy atom. The Kier molecular flexibility index (Phi) is 4.61. The second-order valence-corrected chi connectivity index (χ2v) is 5.97. The molecule has 1 heterocycles. The molecule has 1 aliphatic heterocycles. The molecule has 0 amide bonds. The molecule has 19 heavy (non-hydrogen) atoms. The Hall–Kier alpha value is -0.900. The van der Waals surface area contributed by atoms with E-state index in [1.165, 1.54) is 11.1 Å². The van der Waals surface area contributed by atoms with Crippen molar-refractivity contribution in [2.45, 2.75) is 32.9 Å². The number of nitrogens with zero attached hydrogens (tertiary/aromatic N) is 2. The van der Waals surface area contributed by atoms with E-state index in [-0.39, 0.29) is 6.10 Å². The van der Waals surface area contributed by atoms with Gasteiger partial charge < -0.3 is 10.0 Å². The lowest BCUT2D eigenvalue weighted by molar-refractivity contribution is 0.0566. The van der Waals surface area contributed by atoms with Crippen LogP contribution in [0.1, 0.15) is 29.7 Å². The lowest BCUT2D eigenvalue weighted by atomic mass is 10.00. The fourth-order valence-electron chi connectivity index (χ4n) is 2.75. The van der Waals surface area contributed by atoms with Gasteiger partial charge in [0.1, 0.15) is 0 Å². The molecule has 0 saturated carbocycles. The summed E-state index contributed by atoms with van der Waals surface area (Å²) in [6.45, 7) is 10.3. The quantitative estimate of drug-likeness (QED) is 0.902. The highest BCUT2D eigenvalue weighted by Crippen LogP contribution is 2.21. The van der Waals surface area contributed by atoms with Crippen LogP contribution in [0, 0.1) is 13.8 Å². The van der Waals surface area contributed by atoms with Gasteiger partial charge >= 0.3 is 0 Å². The van der Waals surface area contributed by atoms with Crippen LogP contribution in [-0.4, -0.2) is 54.2 Å². The zero-order valence-electron chi connectivity index (χ0n) is 12.6. The maximum absolute atomic E-state index is 10.5. The van der Waals surface area contributed by atoms with Crippen molar-refractivity contribution in [3.63, 3.8) is 0 Å². The minimum Gasteiger partial charge on any atom is -0.387 e. The average Bonchev–Trinajstić information content (AvgIpc) is 2.36. The molecule has 0 radical (unpaired) electrons. The Balaban J connectivity index is 2.01. The van der Waals surface area contributed by atoms with E-state index >= 15 is 0 Å². The lowest BCUT2D eigenvalue weighted by Crippen LogP contribution is -2.50. The molecule has 3 heteroatoms. The van der Waals surface area contributed by atoms with Crippen LogP contribution < -0.4 is 0 Å². The summed E-state index contributed by atoms with van der Waals surface area (Å²) in [5.74, 6) is 0. The normalized spacial score (nSPS) is 23.5. The summed E-state index contributed by atoms with van der Waals surface area (Å²) >= 11 is 0. The fourth-order valence-corrected chi connectivity index (χ4v) is 2.75. The Bertz CT molecular complexity index is 433. The number of rotatable bonds is 3. The molecule has 0 aliphatic carbocycles. The van der Waals surface area contributed by atoms with E-state index in [1.54, 1.807) is 0 Å². The lowest BCUT2D eigenvalue weighted by Gasteiger charge is -2.38. The highest BCUT2D eigenvalue weighted by Gasteiger charge is 2.23. The fraction of sp³-hybridized carbons (Fsp3) is 0.625. The van der Waals surface area contributed by atoms with Crippen LogP contribution in [0.4, 0.5) is 0 Å². The number of benzene rings is 1. The molecule has 1 saturated heterocycles. The number of aliphatic hydroxyl groups is 1. The average molecular weight is 262 g/mol. The number of hydrogen-bond donors (Lipinski definition) is 1. The van der Waals surface area contributed by atoms with Crippen molar-refractivity contribution < 1.29 is 5.11 Å². The molecule has 1 N–H and O–H groups in total. The van der Waals surface area contributed by atoms with Crippen molar-refractivity contribution in [3.05, 3.63) is 34.9 Å². The minimum absolute atomic E-state index is 0.379. The van der Waals surface area contributed by atoms with E-state index in [4.69, 9.17) is 0 Å². The first kappa shape index (κ1) is 14.5. The van der Waals surface area contributed by atoms with Crippen molar-refractivity contribution in [1.29, 1.82) is 0 Å². The summed E-state index contributed by atoms with van der Waals surface area (Å²) in [4.78, 5) is 4.75. The van der Waals surface area contributed by atoms with Gasteiger partial charge in [-0.25, -0.2) is 0 Å². The minimum atomic E-state index is -0.379. The van der Waals surface area contributed by atoms with Gasteiger partial charge in [0.05, 0.1) is 6.10 Å². The Morgan fingerprint density at radius 1 is 1.32 bits per heavy atom. The van der Waals surface area contributed by atoms with Crippen LogP contribution in [0.2, 0.25) is 0 Å². The van der Waals surface area contributed by atoms with Crippen molar-refractivity contribution in [1.82, 2.24) is 9.80 Å². The number of aliphatic hydroxyl groups excluding tert-OH is 1. The summed E-state index contributed by atoms with van der Waals surface area (Å²) in [5.41, 5.74) is 3.47. The van der Waals surface area contributed by atoms with E-state index in [1.807, 2.05) is 0 Å². The number of likely N-dealkylation sites (N-methyl/N-ethyl adjacent to an activating group) is 1. The summed E-state index contributed by atoms with van der Waals surface area (Å²) in [7, 11) is 2.17. The highest BCUT2D eigenvalue weighted by molar-refractivity contribution is 5.32. The van der Waals surface area contributed by atoms with Crippen molar-refractivity contribution >= 4 is 0 Å². The second-order valence-electron chi connectivity index (χ2n) is 5.97. The standard InChI is InChI=1S/C16H26N2O/c1-12-5-6-13(2)15(9-12)16(19)11-18-8-7-17(4)14(3)10-18/h5-6,9,14,16,19H,7-8,10-11H2,1-4H3. The van der Waals surface area contributed by atoms with E-state index in [2.05, 4.69) is 55.8 Å². The number of aryl methyl sites for hydroxylation is 2. The van der Waals surface area contributed by atoms with Crippen molar-refractivity contribution in [2.24, 2.45) is 0 Å². The van der Waals surface area contributed by atoms with Crippen LogP contribution in [0.25, 0.3) is 0 Å².